The molecule has 1 aromatic carbocycles. The van der Waals surface area contributed by atoms with Crippen LogP contribution in [0.2, 0.25) is 0 Å². The number of aromatic nitrogens is 2. The van der Waals surface area contributed by atoms with Gasteiger partial charge in [-0.05, 0) is 42.5 Å². The summed E-state index contributed by atoms with van der Waals surface area (Å²) >= 11 is 1.27. The first-order valence-corrected chi connectivity index (χ1v) is 10.1. The van der Waals surface area contributed by atoms with Crippen molar-refractivity contribution in [2.75, 3.05) is 11.8 Å². The second-order valence-electron chi connectivity index (χ2n) is 5.80. The van der Waals surface area contributed by atoms with Crippen LogP contribution in [0.25, 0.3) is 10.8 Å². The van der Waals surface area contributed by atoms with E-state index in [-0.39, 0.29) is 22.2 Å². The Morgan fingerprint density at radius 1 is 1.35 bits per heavy atom. The largest absolute Gasteiger partial charge is 0.495 e. The molecule has 1 saturated carbocycles. The van der Waals surface area contributed by atoms with Crippen LogP contribution in [0.5, 0.6) is 5.75 Å². The number of hydrogen-bond donors (Lipinski definition) is 1. The lowest BCUT2D eigenvalue weighted by molar-refractivity contribution is 0.401. The first-order valence-electron chi connectivity index (χ1n) is 7.76. The Morgan fingerprint density at radius 3 is 2.88 bits per heavy atom. The van der Waals surface area contributed by atoms with Gasteiger partial charge in [-0.3, -0.25) is 4.72 Å². The van der Waals surface area contributed by atoms with Crippen molar-refractivity contribution in [1.29, 1.82) is 0 Å². The molecule has 0 unspecified atom stereocenters. The fourth-order valence-corrected chi connectivity index (χ4v) is 4.54. The molecule has 3 aromatic rings. The average molecular weight is 395 g/mol. The number of halogens is 1. The smallest absolute Gasteiger partial charge is 0.270 e. The molecule has 0 atom stereocenters. The van der Waals surface area contributed by atoms with E-state index in [4.69, 9.17) is 9.26 Å². The molecule has 7 nitrogen and oxygen atoms in total. The summed E-state index contributed by atoms with van der Waals surface area (Å²) in [4.78, 5) is 4.55. The van der Waals surface area contributed by atoms with Crippen LogP contribution in [-0.4, -0.2) is 25.7 Å². The molecule has 10 heteroatoms. The second kappa shape index (κ2) is 6.36. The monoisotopic (exact) mass is 395 g/mol. The molecule has 1 aliphatic carbocycles. The molecule has 136 valence electrons. The van der Waals surface area contributed by atoms with Gasteiger partial charge in [0.05, 0.1) is 12.8 Å². The quantitative estimate of drug-likeness (QED) is 0.685. The molecule has 1 aliphatic rings. The van der Waals surface area contributed by atoms with Gasteiger partial charge in [-0.2, -0.15) is 4.98 Å². The molecule has 1 fully saturated rings. The number of methoxy groups -OCH3 is 1. The fourth-order valence-electron chi connectivity index (χ4n) is 2.45. The zero-order chi connectivity index (χ0) is 18.3. The van der Waals surface area contributed by atoms with Crippen LogP contribution in [0.3, 0.4) is 0 Å². The standard InChI is InChI=1S/C16H14FN3O4S2/c1-23-12-5-4-10(17)8-13(12)26(21,22)20-11-6-7-25-14(11)16-18-15(19-24-16)9-2-3-9/h4-9,20H,2-3H2,1H3. The maximum Gasteiger partial charge on any atom is 0.270 e. The van der Waals surface area contributed by atoms with Gasteiger partial charge in [0, 0.05) is 5.92 Å². The zero-order valence-electron chi connectivity index (χ0n) is 13.6. The van der Waals surface area contributed by atoms with E-state index >= 15 is 0 Å². The van der Waals surface area contributed by atoms with Crippen LogP contribution in [0.1, 0.15) is 24.6 Å². The predicted octanol–water partition coefficient (Wildman–Crippen LogP) is 3.62. The number of sulfonamides is 1. The Hall–Kier alpha value is -2.46. The van der Waals surface area contributed by atoms with E-state index in [1.807, 2.05) is 0 Å². The number of nitrogens with one attached hydrogen (secondary N) is 1. The first kappa shape index (κ1) is 17.0. The van der Waals surface area contributed by atoms with E-state index < -0.39 is 15.8 Å². The van der Waals surface area contributed by atoms with Gasteiger partial charge in [0.25, 0.3) is 15.9 Å². The van der Waals surface area contributed by atoms with Crippen molar-refractivity contribution in [2.24, 2.45) is 0 Å². The lowest BCUT2D eigenvalue weighted by Gasteiger charge is -2.11. The Balaban J connectivity index is 1.67. The van der Waals surface area contributed by atoms with Gasteiger partial charge in [0.15, 0.2) is 5.82 Å². The summed E-state index contributed by atoms with van der Waals surface area (Å²) in [6.45, 7) is 0. The van der Waals surface area contributed by atoms with E-state index in [1.165, 1.54) is 24.5 Å². The Morgan fingerprint density at radius 2 is 2.15 bits per heavy atom. The Bertz CT molecular complexity index is 1060. The molecule has 0 spiro atoms. The van der Waals surface area contributed by atoms with Gasteiger partial charge in [-0.15, -0.1) is 11.3 Å². The molecule has 0 bridgehead atoms. The van der Waals surface area contributed by atoms with Crippen molar-refractivity contribution in [3.05, 3.63) is 41.3 Å². The van der Waals surface area contributed by atoms with Gasteiger partial charge in [-0.25, -0.2) is 12.8 Å². The molecule has 0 radical (unpaired) electrons. The minimum atomic E-state index is -4.07. The third kappa shape index (κ3) is 3.17. The lowest BCUT2D eigenvalue weighted by Crippen LogP contribution is -2.14. The van der Waals surface area contributed by atoms with Crippen molar-refractivity contribution < 1.29 is 22.1 Å². The summed E-state index contributed by atoms with van der Waals surface area (Å²) in [5.41, 5.74) is 0.285. The summed E-state index contributed by atoms with van der Waals surface area (Å²) in [5.74, 6) is 0.580. The molecule has 2 heterocycles. The number of anilines is 1. The van der Waals surface area contributed by atoms with Crippen LogP contribution in [0, 0.1) is 5.82 Å². The number of nitrogens with zero attached hydrogens (tertiary/aromatic N) is 2. The van der Waals surface area contributed by atoms with Crippen LogP contribution >= 0.6 is 11.3 Å². The first-order chi connectivity index (χ1) is 12.5. The molecule has 0 aliphatic heterocycles. The lowest BCUT2D eigenvalue weighted by atomic mass is 10.3. The van der Waals surface area contributed by atoms with E-state index in [0.29, 0.717) is 16.6 Å². The van der Waals surface area contributed by atoms with Crippen LogP contribution in [0.15, 0.2) is 39.1 Å². The van der Waals surface area contributed by atoms with Crippen molar-refractivity contribution in [3.8, 4) is 16.5 Å². The molecule has 1 N–H and O–H groups in total. The highest BCUT2D eigenvalue weighted by molar-refractivity contribution is 7.92. The van der Waals surface area contributed by atoms with Crippen molar-refractivity contribution >= 4 is 27.0 Å². The topological polar surface area (TPSA) is 94.3 Å². The normalized spacial score (nSPS) is 14.4. The summed E-state index contributed by atoms with van der Waals surface area (Å²) in [6, 6.07) is 4.89. The maximum atomic E-state index is 13.5. The van der Waals surface area contributed by atoms with Gasteiger partial charge < -0.3 is 9.26 Å². The van der Waals surface area contributed by atoms with Gasteiger partial charge in [0.1, 0.15) is 21.3 Å². The molecule has 26 heavy (non-hydrogen) atoms. The van der Waals surface area contributed by atoms with E-state index in [9.17, 15) is 12.8 Å². The van der Waals surface area contributed by atoms with Crippen LogP contribution in [-0.2, 0) is 10.0 Å². The highest BCUT2D eigenvalue weighted by Crippen LogP contribution is 2.41. The summed E-state index contributed by atoms with van der Waals surface area (Å²) in [7, 11) is -2.75. The number of rotatable bonds is 6. The molecule has 2 aromatic heterocycles. The third-order valence-electron chi connectivity index (χ3n) is 3.90. The summed E-state index contributed by atoms with van der Waals surface area (Å²) < 4.78 is 51.7. The van der Waals surface area contributed by atoms with Crippen molar-refractivity contribution in [2.45, 2.75) is 23.7 Å². The number of hydrogen-bond acceptors (Lipinski definition) is 7. The average Bonchev–Trinajstić information content (AvgIpc) is 3.17. The van der Waals surface area contributed by atoms with Crippen LogP contribution in [0.4, 0.5) is 10.1 Å². The maximum absolute atomic E-state index is 13.5. The Labute approximate surface area is 152 Å². The summed E-state index contributed by atoms with van der Waals surface area (Å²) in [6.07, 6.45) is 2.06. The van der Waals surface area contributed by atoms with Crippen LogP contribution < -0.4 is 9.46 Å². The zero-order valence-corrected chi connectivity index (χ0v) is 15.2. The molecule has 0 saturated heterocycles. The Kier molecular flexibility index (Phi) is 4.16. The van der Waals surface area contributed by atoms with Gasteiger partial charge in [-0.1, -0.05) is 5.16 Å². The second-order valence-corrected chi connectivity index (χ2v) is 8.36. The predicted molar refractivity (Wildman–Crippen MR) is 93.3 cm³/mol. The number of thiophene rings is 1. The molecular weight excluding hydrogens is 381 g/mol. The molecular formula is C16H14FN3O4S2. The highest BCUT2D eigenvalue weighted by atomic mass is 32.2. The van der Waals surface area contributed by atoms with E-state index in [0.717, 1.165) is 25.0 Å². The van der Waals surface area contributed by atoms with Crippen molar-refractivity contribution in [3.63, 3.8) is 0 Å². The number of ether oxygens (including phenoxy) is 1. The minimum absolute atomic E-state index is 0.0458. The van der Waals surface area contributed by atoms with Gasteiger partial charge >= 0.3 is 0 Å². The van der Waals surface area contributed by atoms with E-state index in [2.05, 4.69) is 14.9 Å². The number of benzene rings is 1. The summed E-state index contributed by atoms with van der Waals surface area (Å²) in [5, 5.41) is 5.65. The molecule has 4 rings (SSSR count). The third-order valence-corrected chi connectivity index (χ3v) is 6.19. The fraction of sp³-hybridized carbons (Fsp3) is 0.250. The SMILES string of the molecule is COc1ccc(F)cc1S(=O)(=O)Nc1ccsc1-c1nc(C2CC2)no1. The van der Waals surface area contributed by atoms with E-state index in [1.54, 1.807) is 11.4 Å². The molecule has 0 amide bonds. The minimum Gasteiger partial charge on any atom is -0.495 e. The van der Waals surface area contributed by atoms with Crippen molar-refractivity contribution in [1.82, 2.24) is 10.1 Å². The van der Waals surface area contributed by atoms with Gasteiger partial charge in [0.2, 0.25) is 0 Å². The highest BCUT2D eigenvalue weighted by Gasteiger charge is 2.30.